The second kappa shape index (κ2) is 7.27. The van der Waals surface area contributed by atoms with Crippen LogP contribution in [0.4, 0.5) is 0 Å². The van der Waals surface area contributed by atoms with E-state index in [0.29, 0.717) is 13.2 Å². The maximum atomic E-state index is 11.5. The number of amides is 1. The molecule has 0 atom stereocenters. The van der Waals surface area contributed by atoms with Crippen molar-refractivity contribution < 1.29 is 14.3 Å². The van der Waals surface area contributed by atoms with Crippen molar-refractivity contribution in [1.82, 2.24) is 10.2 Å². The van der Waals surface area contributed by atoms with Crippen LogP contribution in [0.5, 0.6) is 0 Å². The van der Waals surface area contributed by atoms with Crippen molar-refractivity contribution >= 4 is 11.9 Å². The number of likely N-dealkylation sites (tertiary alicyclic amines) is 1. The molecule has 5 heteroatoms. The number of hydrogen-bond donors (Lipinski definition) is 1. The molecular weight excluding hydrogens is 220 g/mol. The average molecular weight is 242 g/mol. The van der Waals surface area contributed by atoms with Gasteiger partial charge in [-0.1, -0.05) is 0 Å². The predicted molar refractivity (Wildman–Crippen MR) is 64.5 cm³/mol. The zero-order valence-electron chi connectivity index (χ0n) is 10.7. The summed E-state index contributed by atoms with van der Waals surface area (Å²) in [5.74, 6) is 0.00684. The van der Waals surface area contributed by atoms with Crippen LogP contribution in [0.25, 0.3) is 0 Å². The van der Waals surface area contributed by atoms with Crippen molar-refractivity contribution in [3.63, 3.8) is 0 Å². The number of rotatable bonds is 5. The maximum absolute atomic E-state index is 11.5. The Kier molecular flexibility index (Phi) is 5.97. The molecule has 1 aliphatic heterocycles. The molecule has 0 aromatic heterocycles. The summed E-state index contributed by atoms with van der Waals surface area (Å²) in [5, 5.41) is 2.77. The zero-order chi connectivity index (χ0) is 12.7. The van der Waals surface area contributed by atoms with E-state index in [1.165, 1.54) is 6.92 Å². The molecule has 1 saturated heterocycles. The summed E-state index contributed by atoms with van der Waals surface area (Å²) in [5.41, 5.74) is 0. The summed E-state index contributed by atoms with van der Waals surface area (Å²) in [7, 11) is 0. The minimum atomic E-state index is -0.0611. The average Bonchev–Trinajstić information content (AvgIpc) is 2.30. The van der Waals surface area contributed by atoms with Gasteiger partial charge in [0.15, 0.2) is 0 Å². The molecular formula is C12H22N2O3. The van der Waals surface area contributed by atoms with Crippen LogP contribution >= 0.6 is 0 Å². The SMILES string of the molecule is CCOC(=O)C1CCN(CCNC(C)=O)CC1. The summed E-state index contributed by atoms with van der Waals surface area (Å²) in [6.45, 7) is 7.16. The van der Waals surface area contributed by atoms with Gasteiger partial charge in [0, 0.05) is 20.0 Å². The fraction of sp³-hybridized carbons (Fsp3) is 0.833. The summed E-state index contributed by atoms with van der Waals surface area (Å²) in [6, 6.07) is 0. The third-order valence-corrected chi connectivity index (χ3v) is 3.01. The Balaban J connectivity index is 2.17. The molecule has 1 fully saturated rings. The summed E-state index contributed by atoms with van der Waals surface area (Å²) in [6.07, 6.45) is 1.72. The van der Waals surface area contributed by atoms with E-state index in [1.54, 1.807) is 0 Å². The molecule has 0 radical (unpaired) electrons. The highest BCUT2D eigenvalue weighted by atomic mass is 16.5. The number of esters is 1. The molecule has 0 aromatic carbocycles. The minimum absolute atomic E-state index is 0.00593. The number of piperidine rings is 1. The van der Waals surface area contributed by atoms with E-state index < -0.39 is 0 Å². The Hall–Kier alpha value is -1.10. The van der Waals surface area contributed by atoms with Gasteiger partial charge in [0.2, 0.25) is 5.91 Å². The smallest absolute Gasteiger partial charge is 0.309 e. The van der Waals surface area contributed by atoms with Gasteiger partial charge in [0.1, 0.15) is 0 Å². The molecule has 1 amide bonds. The van der Waals surface area contributed by atoms with E-state index in [0.717, 1.165) is 32.5 Å². The molecule has 5 nitrogen and oxygen atoms in total. The van der Waals surface area contributed by atoms with E-state index in [2.05, 4.69) is 10.2 Å². The molecule has 0 aromatic rings. The summed E-state index contributed by atoms with van der Waals surface area (Å²) in [4.78, 5) is 24.5. The van der Waals surface area contributed by atoms with E-state index in [-0.39, 0.29) is 17.8 Å². The highest BCUT2D eigenvalue weighted by Gasteiger charge is 2.25. The fourth-order valence-corrected chi connectivity index (χ4v) is 2.04. The van der Waals surface area contributed by atoms with Crippen LogP contribution in [0.2, 0.25) is 0 Å². The molecule has 17 heavy (non-hydrogen) atoms. The molecule has 1 aliphatic rings. The normalized spacial score (nSPS) is 17.8. The zero-order valence-corrected chi connectivity index (χ0v) is 10.7. The Morgan fingerprint density at radius 2 is 2.00 bits per heavy atom. The number of nitrogens with zero attached hydrogens (tertiary/aromatic N) is 1. The van der Waals surface area contributed by atoms with Gasteiger partial charge in [-0.25, -0.2) is 0 Å². The standard InChI is InChI=1S/C12H22N2O3/c1-3-17-12(16)11-4-7-14(8-5-11)9-6-13-10(2)15/h11H,3-9H2,1-2H3,(H,13,15). The van der Waals surface area contributed by atoms with Gasteiger partial charge in [0.05, 0.1) is 12.5 Å². The monoisotopic (exact) mass is 242 g/mol. The fourth-order valence-electron chi connectivity index (χ4n) is 2.04. The third kappa shape index (κ3) is 5.17. The number of carbonyl (C=O) groups is 2. The summed E-state index contributed by atoms with van der Waals surface area (Å²) >= 11 is 0. The molecule has 0 bridgehead atoms. The van der Waals surface area contributed by atoms with Gasteiger partial charge in [-0.3, -0.25) is 9.59 Å². The van der Waals surface area contributed by atoms with E-state index >= 15 is 0 Å². The van der Waals surface area contributed by atoms with Crippen molar-refractivity contribution in [2.45, 2.75) is 26.7 Å². The Morgan fingerprint density at radius 1 is 1.35 bits per heavy atom. The first-order valence-electron chi connectivity index (χ1n) is 6.27. The van der Waals surface area contributed by atoms with Crippen molar-refractivity contribution in [2.75, 3.05) is 32.8 Å². The van der Waals surface area contributed by atoms with Gasteiger partial charge in [-0.15, -0.1) is 0 Å². The lowest BCUT2D eigenvalue weighted by molar-refractivity contribution is -0.149. The molecule has 0 spiro atoms. The minimum Gasteiger partial charge on any atom is -0.466 e. The lowest BCUT2D eigenvalue weighted by atomic mass is 9.97. The predicted octanol–water partition coefficient (Wildman–Crippen LogP) is 0.398. The second-order valence-corrected chi connectivity index (χ2v) is 4.35. The van der Waals surface area contributed by atoms with Crippen molar-refractivity contribution in [2.24, 2.45) is 5.92 Å². The molecule has 1 rings (SSSR count). The topological polar surface area (TPSA) is 58.6 Å². The third-order valence-electron chi connectivity index (χ3n) is 3.01. The molecule has 1 heterocycles. The number of hydrogen-bond acceptors (Lipinski definition) is 4. The molecule has 0 saturated carbocycles. The van der Waals surface area contributed by atoms with Crippen LogP contribution in [0, 0.1) is 5.92 Å². The van der Waals surface area contributed by atoms with Gasteiger partial charge in [-0.2, -0.15) is 0 Å². The quantitative estimate of drug-likeness (QED) is 0.709. The van der Waals surface area contributed by atoms with Gasteiger partial charge in [0.25, 0.3) is 0 Å². The second-order valence-electron chi connectivity index (χ2n) is 4.35. The van der Waals surface area contributed by atoms with Crippen LogP contribution in [0.15, 0.2) is 0 Å². The highest BCUT2D eigenvalue weighted by Crippen LogP contribution is 2.18. The van der Waals surface area contributed by atoms with Crippen LogP contribution in [-0.4, -0.2) is 49.6 Å². The lowest BCUT2D eigenvalue weighted by Gasteiger charge is -2.30. The largest absolute Gasteiger partial charge is 0.466 e. The van der Waals surface area contributed by atoms with Gasteiger partial charge < -0.3 is 15.0 Å². The Bertz CT molecular complexity index is 260. The molecule has 98 valence electrons. The van der Waals surface area contributed by atoms with Crippen LogP contribution < -0.4 is 5.32 Å². The summed E-state index contributed by atoms with van der Waals surface area (Å²) < 4.78 is 5.01. The number of carbonyl (C=O) groups excluding carboxylic acids is 2. The Morgan fingerprint density at radius 3 is 2.53 bits per heavy atom. The van der Waals surface area contributed by atoms with Crippen molar-refractivity contribution in [3.05, 3.63) is 0 Å². The molecule has 0 aliphatic carbocycles. The van der Waals surface area contributed by atoms with Crippen LogP contribution in [-0.2, 0) is 14.3 Å². The van der Waals surface area contributed by atoms with Gasteiger partial charge >= 0.3 is 5.97 Å². The van der Waals surface area contributed by atoms with Crippen molar-refractivity contribution in [3.8, 4) is 0 Å². The first-order valence-corrected chi connectivity index (χ1v) is 6.27. The Labute approximate surface area is 102 Å². The maximum Gasteiger partial charge on any atom is 0.309 e. The highest BCUT2D eigenvalue weighted by molar-refractivity contribution is 5.73. The molecule has 1 N–H and O–H groups in total. The van der Waals surface area contributed by atoms with E-state index in [1.807, 2.05) is 6.92 Å². The van der Waals surface area contributed by atoms with Crippen LogP contribution in [0.3, 0.4) is 0 Å². The number of nitrogens with one attached hydrogen (secondary N) is 1. The lowest BCUT2D eigenvalue weighted by Crippen LogP contribution is -2.40. The molecule has 0 unspecified atom stereocenters. The first kappa shape index (κ1) is 14.0. The number of ether oxygens (including phenoxy) is 1. The van der Waals surface area contributed by atoms with E-state index in [4.69, 9.17) is 4.74 Å². The van der Waals surface area contributed by atoms with E-state index in [9.17, 15) is 9.59 Å². The van der Waals surface area contributed by atoms with Crippen molar-refractivity contribution in [1.29, 1.82) is 0 Å². The van der Waals surface area contributed by atoms with Gasteiger partial charge in [-0.05, 0) is 32.9 Å². The first-order chi connectivity index (χ1) is 8.13. The van der Waals surface area contributed by atoms with Crippen LogP contribution in [0.1, 0.15) is 26.7 Å².